The van der Waals surface area contributed by atoms with Gasteiger partial charge in [-0.1, -0.05) is 60.7 Å². The molecule has 0 fully saturated rings. The topological polar surface area (TPSA) is 78.6 Å². The van der Waals surface area contributed by atoms with Crippen molar-refractivity contribution in [1.82, 2.24) is 4.98 Å². The first kappa shape index (κ1) is 21.1. The minimum atomic E-state index is 0.378. The van der Waals surface area contributed by atoms with Crippen LogP contribution in [0.15, 0.2) is 91.0 Å². The van der Waals surface area contributed by atoms with E-state index in [-0.39, 0.29) is 0 Å². The Morgan fingerprint density at radius 2 is 1.38 bits per heavy atom. The molecule has 162 valence electrons. The predicted molar refractivity (Wildman–Crippen MR) is 126 cm³/mol. The molecule has 6 heteroatoms. The van der Waals surface area contributed by atoms with Gasteiger partial charge in [0.1, 0.15) is 24.7 Å². The average molecular weight is 428 g/mol. The van der Waals surface area contributed by atoms with Gasteiger partial charge in [-0.3, -0.25) is 0 Å². The zero-order valence-corrected chi connectivity index (χ0v) is 17.8. The highest BCUT2D eigenvalue weighted by Crippen LogP contribution is 2.33. The maximum Gasteiger partial charge on any atom is 0.241 e. The Bertz CT molecular complexity index is 1150. The Morgan fingerprint density at radius 3 is 2.00 bits per heavy atom. The van der Waals surface area contributed by atoms with Crippen LogP contribution < -0.4 is 25.3 Å². The van der Waals surface area contributed by atoms with Gasteiger partial charge < -0.3 is 25.3 Å². The number of hydrogen-bond donors (Lipinski definition) is 2. The highest BCUT2D eigenvalue weighted by atomic mass is 16.5. The number of rotatable bonds is 9. The summed E-state index contributed by atoms with van der Waals surface area (Å²) in [6, 6.07) is 29.0. The number of nitrogens with zero attached hydrogens (tertiary/aromatic N) is 1. The van der Waals surface area contributed by atoms with Crippen LogP contribution in [0.1, 0.15) is 11.1 Å². The van der Waals surface area contributed by atoms with Crippen molar-refractivity contribution < 1.29 is 14.2 Å². The first-order chi connectivity index (χ1) is 15.7. The van der Waals surface area contributed by atoms with E-state index in [0.717, 1.165) is 16.8 Å². The molecule has 3 aromatic carbocycles. The first-order valence-corrected chi connectivity index (χ1v) is 10.3. The Labute approximate surface area is 187 Å². The number of nitrogens with two attached hydrogens (primary N) is 1. The molecule has 3 N–H and O–H groups in total. The number of hydrogen-bond acceptors (Lipinski definition) is 6. The van der Waals surface area contributed by atoms with E-state index in [1.165, 1.54) is 0 Å². The van der Waals surface area contributed by atoms with Crippen molar-refractivity contribution >= 4 is 17.1 Å². The van der Waals surface area contributed by atoms with Gasteiger partial charge in [0.15, 0.2) is 0 Å². The van der Waals surface area contributed by atoms with Crippen LogP contribution in [-0.4, -0.2) is 12.1 Å². The number of pyridine rings is 1. The van der Waals surface area contributed by atoms with Crippen LogP contribution >= 0.6 is 0 Å². The van der Waals surface area contributed by atoms with Gasteiger partial charge in [0.2, 0.25) is 11.8 Å². The number of aromatic nitrogens is 1. The maximum absolute atomic E-state index is 6.17. The van der Waals surface area contributed by atoms with Crippen molar-refractivity contribution in [2.75, 3.05) is 18.2 Å². The zero-order valence-electron chi connectivity index (χ0n) is 17.8. The second kappa shape index (κ2) is 10.2. The highest BCUT2D eigenvalue weighted by molar-refractivity contribution is 5.75. The van der Waals surface area contributed by atoms with Crippen LogP contribution in [0, 0.1) is 0 Å². The molecule has 32 heavy (non-hydrogen) atoms. The molecular weight excluding hydrogens is 402 g/mol. The molecule has 4 aromatic rings. The minimum Gasteiger partial charge on any atom is -0.497 e. The van der Waals surface area contributed by atoms with Crippen molar-refractivity contribution in [2.45, 2.75) is 13.2 Å². The molecular formula is C26H25N3O3. The summed E-state index contributed by atoms with van der Waals surface area (Å²) in [5.74, 6) is 1.59. The van der Waals surface area contributed by atoms with Gasteiger partial charge in [-0.25, -0.2) is 0 Å². The van der Waals surface area contributed by atoms with Crippen LogP contribution in [0.2, 0.25) is 0 Å². The van der Waals surface area contributed by atoms with E-state index in [0.29, 0.717) is 42.1 Å². The molecule has 0 amide bonds. The van der Waals surface area contributed by atoms with Crippen LogP contribution in [0.4, 0.5) is 17.1 Å². The molecule has 0 saturated carbocycles. The van der Waals surface area contributed by atoms with Gasteiger partial charge in [0, 0.05) is 12.1 Å². The summed E-state index contributed by atoms with van der Waals surface area (Å²) < 4.78 is 17.2. The Morgan fingerprint density at radius 1 is 0.750 bits per heavy atom. The number of methoxy groups -OCH3 is 1. The summed E-state index contributed by atoms with van der Waals surface area (Å²) in [4.78, 5) is 4.59. The van der Waals surface area contributed by atoms with Gasteiger partial charge in [-0.2, -0.15) is 4.98 Å². The SMILES string of the molecule is COc1ccc(Nc2ccc(OCc3ccccc3)nc2OCc2ccccc2)c(N)c1. The highest BCUT2D eigenvalue weighted by Gasteiger charge is 2.11. The first-order valence-electron chi connectivity index (χ1n) is 10.3. The van der Waals surface area contributed by atoms with Crippen LogP contribution in [-0.2, 0) is 13.2 Å². The average Bonchev–Trinajstić information content (AvgIpc) is 2.85. The maximum atomic E-state index is 6.17. The number of ether oxygens (including phenoxy) is 3. The number of anilines is 3. The van der Waals surface area contributed by atoms with Gasteiger partial charge in [0.25, 0.3) is 0 Å². The lowest BCUT2D eigenvalue weighted by molar-refractivity contribution is 0.269. The second-order valence-electron chi connectivity index (χ2n) is 7.13. The third-order valence-corrected chi connectivity index (χ3v) is 4.81. The summed E-state index contributed by atoms with van der Waals surface area (Å²) in [5.41, 5.74) is 10.3. The molecule has 0 atom stereocenters. The molecule has 0 aliphatic carbocycles. The van der Waals surface area contributed by atoms with Crippen molar-refractivity contribution in [3.8, 4) is 17.5 Å². The predicted octanol–water partition coefficient (Wildman–Crippen LogP) is 5.57. The van der Waals surface area contributed by atoms with Crippen LogP contribution in [0.5, 0.6) is 17.5 Å². The van der Waals surface area contributed by atoms with E-state index in [9.17, 15) is 0 Å². The fourth-order valence-electron chi connectivity index (χ4n) is 3.09. The van der Waals surface area contributed by atoms with Gasteiger partial charge in [-0.15, -0.1) is 0 Å². The van der Waals surface area contributed by atoms with Crippen molar-refractivity contribution in [2.24, 2.45) is 0 Å². The molecule has 4 rings (SSSR count). The van der Waals surface area contributed by atoms with E-state index in [4.69, 9.17) is 19.9 Å². The third kappa shape index (κ3) is 5.49. The summed E-state index contributed by atoms with van der Waals surface area (Å²) in [6.45, 7) is 0.799. The van der Waals surface area contributed by atoms with Crippen LogP contribution in [0.25, 0.3) is 0 Å². The molecule has 6 nitrogen and oxygen atoms in total. The monoisotopic (exact) mass is 427 g/mol. The fraction of sp³-hybridized carbons (Fsp3) is 0.115. The molecule has 0 bridgehead atoms. The molecule has 0 unspecified atom stereocenters. The lowest BCUT2D eigenvalue weighted by atomic mass is 10.2. The summed E-state index contributed by atoms with van der Waals surface area (Å²) in [7, 11) is 1.61. The molecule has 0 aliphatic heterocycles. The van der Waals surface area contributed by atoms with E-state index in [1.54, 1.807) is 19.2 Å². The molecule has 0 saturated heterocycles. The van der Waals surface area contributed by atoms with E-state index in [1.807, 2.05) is 78.9 Å². The van der Waals surface area contributed by atoms with Crippen molar-refractivity contribution in [3.63, 3.8) is 0 Å². The molecule has 0 radical (unpaired) electrons. The largest absolute Gasteiger partial charge is 0.497 e. The fourth-order valence-corrected chi connectivity index (χ4v) is 3.09. The van der Waals surface area contributed by atoms with E-state index < -0.39 is 0 Å². The van der Waals surface area contributed by atoms with Gasteiger partial charge in [0.05, 0.1) is 18.5 Å². The number of benzene rings is 3. The summed E-state index contributed by atoms with van der Waals surface area (Å²) in [5, 5.41) is 3.31. The van der Waals surface area contributed by atoms with E-state index >= 15 is 0 Å². The third-order valence-electron chi connectivity index (χ3n) is 4.81. The number of nitrogens with one attached hydrogen (secondary N) is 1. The lowest BCUT2D eigenvalue weighted by Gasteiger charge is -2.16. The Balaban J connectivity index is 1.56. The minimum absolute atomic E-state index is 0.378. The summed E-state index contributed by atoms with van der Waals surface area (Å²) in [6.07, 6.45) is 0. The second-order valence-corrected chi connectivity index (χ2v) is 7.13. The molecule has 0 spiro atoms. The molecule has 1 heterocycles. The van der Waals surface area contributed by atoms with Gasteiger partial charge in [-0.05, 0) is 29.3 Å². The number of nitrogen functional groups attached to an aromatic ring is 1. The molecule has 0 aliphatic rings. The summed E-state index contributed by atoms with van der Waals surface area (Å²) >= 11 is 0. The van der Waals surface area contributed by atoms with E-state index in [2.05, 4.69) is 10.3 Å². The van der Waals surface area contributed by atoms with Crippen molar-refractivity contribution in [3.05, 3.63) is 102 Å². The zero-order chi connectivity index (χ0) is 22.2. The standard InChI is InChI=1S/C26H25N3O3/c1-30-21-12-13-23(22(27)16-21)28-24-14-15-25(31-17-19-8-4-2-5-9-19)29-26(24)32-18-20-10-6-3-7-11-20/h2-16,28H,17-18,27H2,1H3. The van der Waals surface area contributed by atoms with Crippen molar-refractivity contribution in [1.29, 1.82) is 0 Å². The normalized spacial score (nSPS) is 10.4. The quantitative estimate of drug-likeness (QED) is 0.340. The van der Waals surface area contributed by atoms with Gasteiger partial charge >= 0.3 is 0 Å². The molecule has 1 aromatic heterocycles. The lowest BCUT2D eigenvalue weighted by Crippen LogP contribution is -2.05. The van der Waals surface area contributed by atoms with Crippen LogP contribution in [0.3, 0.4) is 0 Å². The smallest absolute Gasteiger partial charge is 0.241 e. The Hall–Kier alpha value is -4.19. The Kier molecular flexibility index (Phi) is 6.72.